The van der Waals surface area contributed by atoms with E-state index in [2.05, 4.69) is 21.2 Å². The van der Waals surface area contributed by atoms with E-state index in [4.69, 9.17) is 0 Å². The van der Waals surface area contributed by atoms with E-state index in [-0.39, 0.29) is 11.3 Å². The summed E-state index contributed by atoms with van der Waals surface area (Å²) in [5.74, 6) is -1.60. The number of nitrogens with zero attached hydrogens (tertiary/aromatic N) is 3. The third kappa shape index (κ3) is 3.88. The van der Waals surface area contributed by atoms with Crippen molar-refractivity contribution in [1.82, 2.24) is 9.88 Å². The molecule has 1 aliphatic rings. The van der Waals surface area contributed by atoms with Crippen LogP contribution in [0.4, 0.5) is 16.2 Å². The molecule has 3 aromatic rings. The zero-order valence-electron chi connectivity index (χ0n) is 15.7. The Kier molecular flexibility index (Phi) is 5.22. The molecular formula is C21H13BrN4O5. The number of barbiturate groups is 1. The second-order valence-electron chi connectivity index (χ2n) is 6.51. The lowest BCUT2D eigenvalue weighted by molar-refractivity contribution is -0.384. The van der Waals surface area contributed by atoms with Crippen LogP contribution in [-0.2, 0) is 9.59 Å². The molecule has 4 rings (SSSR count). The minimum atomic E-state index is -0.844. The third-order valence-electron chi connectivity index (χ3n) is 4.58. The number of nitrogens with one attached hydrogen (secondary N) is 1. The normalized spacial score (nSPS) is 15.3. The molecule has 0 atom stereocenters. The maximum Gasteiger partial charge on any atom is 0.335 e. The maximum absolute atomic E-state index is 13.0. The molecule has 1 saturated heterocycles. The molecule has 0 spiro atoms. The maximum atomic E-state index is 13.0. The molecule has 1 fully saturated rings. The van der Waals surface area contributed by atoms with Crippen molar-refractivity contribution in [2.24, 2.45) is 0 Å². The van der Waals surface area contributed by atoms with Gasteiger partial charge in [-0.25, -0.2) is 9.69 Å². The molecule has 0 saturated carbocycles. The van der Waals surface area contributed by atoms with Gasteiger partial charge >= 0.3 is 6.03 Å². The molecular weight excluding hydrogens is 468 g/mol. The fourth-order valence-electron chi connectivity index (χ4n) is 3.13. The Morgan fingerprint density at radius 3 is 2.42 bits per heavy atom. The Labute approximate surface area is 183 Å². The summed E-state index contributed by atoms with van der Waals surface area (Å²) in [7, 11) is 0. The quantitative estimate of drug-likeness (QED) is 0.264. The number of rotatable bonds is 4. The highest BCUT2D eigenvalue weighted by atomic mass is 79.9. The largest absolute Gasteiger partial charge is 0.335 e. The monoisotopic (exact) mass is 480 g/mol. The number of benzene rings is 2. The van der Waals surface area contributed by atoms with Crippen LogP contribution in [0.3, 0.4) is 0 Å². The summed E-state index contributed by atoms with van der Waals surface area (Å²) in [4.78, 5) is 49.2. The number of nitro groups is 1. The first kappa shape index (κ1) is 20.2. The van der Waals surface area contributed by atoms with Gasteiger partial charge in [-0.2, -0.15) is 0 Å². The van der Waals surface area contributed by atoms with E-state index in [0.29, 0.717) is 17.1 Å². The number of amides is 4. The number of hydrogen-bond acceptors (Lipinski definition) is 5. The molecule has 0 bridgehead atoms. The summed E-state index contributed by atoms with van der Waals surface area (Å²) in [5, 5.41) is 13.2. The molecule has 10 heteroatoms. The van der Waals surface area contributed by atoms with Gasteiger partial charge in [-0.1, -0.05) is 22.0 Å². The summed E-state index contributed by atoms with van der Waals surface area (Å²) in [6.07, 6.45) is 2.99. The molecule has 0 unspecified atom stereocenters. The van der Waals surface area contributed by atoms with Gasteiger partial charge in [-0.3, -0.25) is 25.0 Å². The van der Waals surface area contributed by atoms with Crippen molar-refractivity contribution in [3.05, 3.63) is 92.7 Å². The molecule has 1 N–H and O–H groups in total. The summed E-state index contributed by atoms with van der Waals surface area (Å²) in [6, 6.07) is 14.9. The number of urea groups is 1. The first-order chi connectivity index (χ1) is 14.8. The van der Waals surface area contributed by atoms with Crippen molar-refractivity contribution in [1.29, 1.82) is 0 Å². The van der Waals surface area contributed by atoms with Gasteiger partial charge in [0.25, 0.3) is 17.5 Å². The van der Waals surface area contributed by atoms with Crippen LogP contribution in [0.25, 0.3) is 11.8 Å². The number of aromatic nitrogens is 1. The van der Waals surface area contributed by atoms with Crippen LogP contribution in [0, 0.1) is 10.1 Å². The summed E-state index contributed by atoms with van der Waals surface area (Å²) >= 11 is 3.29. The van der Waals surface area contributed by atoms with Gasteiger partial charge in [0.05, 0.1) is 16.3 Å². The van der Waals surface area contributed by atoms with E-state index in [1.165, 1.54) is 24.3 Å². The number of nitro benzene ring substituents is 1. The Morgan fingerprint density at radius 2 is 1.71 bits per heavy atom. The zero-order valence-corrected chi connectivity index (χ0v) is 17.3. The number of halogens is 1. The smallest absolute Gasteiger partial charge is 0.317 e. The van der Waals surface area contributed by atoms with Gasteiger partial charge < -0.3 is 4.57 Å². The van der Waals surface area contributed by atoms with Gasteiger partial charge in [0, 0.05) is 28.5 Å². The van der Waals surface area contributed by atoms with Crippen molar-refractivity contribution in [3.63, 3.8) is 0 Å². The molecule has 9 nitrogen and oxygen atoms in total. The van der Waals surface area contributed by atoms with Gasteiger partial charge in [0.2, 0.25) is 0 Å². The fraction of sp³-hybridized carbons (Fsp3) is 0. The highest BCUT2D eigenvalue weighted by Gasteiger charge is 2.37. The van der Waals surface area contributed by atoms with E-state index in [9.17, 15) is 24.5 Å². The van der Waals surface area contributed by atoms with Crippen LogP contribution in [0.1, 0.15) is 5.69 Å². The molecule has 1 aliphatic heterocycles. The lowest BCUT2D eigenvalue weighted by atomic mass is 10.1. The van der Waals surface area contributed by atoms with Crippen molar-refractivity contribution in [3.8, 4) is 5.69 Å². The van der Waals surface area contributed by atoms with Crippen molar-refractivity contribution < 1.29 is 19.3 Å². The minimum Gasteiger partial charge on any atom is -0.317 e. The minimum absolute atomic E-state index is 0.0942. The molecule has 31 heavy (non-hydrogen) atoms. The van der Waals surface area contributed by atoms with Crippen LogP contribution < -0.4 is 10.2 Å². The molecule has 2 heterocycles. The topological polar surface area (TPSA) is 115 Å². The Bertz CT molecular complexity index is 1260. The predicted molar refractivity (Wildman–Crippen MR) is 116 cm³/mol. The lowest BCUT2D eigenvalue weighted by Crippen LogP contribution is -2.54. The number of hydrogen-bond donors (Lipinski definition) is 1. The number of imide groups is 2. The van der Waals surface area contributed by atoms with E-state index < -0.39 is 22.8 Å². The molecule has 154 valence electrons. The number of non-ortho nitro benzene ring substituents is 1. The summed E-state index contributed by atoms with van der Waals surface area (Å²) in [5.41, 5.74) is 0.883. The second kappa shape index (κ2) is 8.00. The first-order valence-electron chi connectivity index (χ1n) is 8.94. The van der Waals surface area contributed by atoms with Crippen LogP contribution in [0.5, 0.6) is 0 Å². The van der Waals surface area contributed by atoms with Gasteiger partial charge in [-0.15, -0.1) is 0 Å². The molecule has 2 aromatic carbocycles. The SMILES string of the molecule is O=C1NC(=O)N(c2ccc(Br)cc2)C(=O)C1=Cc1cccn1-c1cccc([N+](=O)[O-])c1. The Morgan fingerprint density at radius 1 is 0.968 bits per heavy atom. The number of carbonyl (C=O) groups is 3. The van der Waals surface area contributed by atoms with E-state index in [1.54, 1.807) is 53.2 Å². The average molecular weight is 481 g/mol. The average Bonchev–Trinajstić information content (AvgIpc) is 3.21. The molecule has 1 aromatic heterocycles. The Hall–Kier alpha value is -4.05. The first-order valence-corrected chi connectivity index (χ1v) is 9.73. The van der Waals surface area contributed by atoms with E-state index in [0.717, 1.165) is 9.37 Å². The van der Waals surface area contributed by atoms with Gasteiger partial charge in [0.15, 0.2) is 0 Å². The second-order valence-corrected chi connectivity index (χ2v) is 7.43. The standard InChI is InChI=1S/C21H13BrN4O5/c22-13-6-8-14(9-7-13)25-20(28)18(19(27)23-21(25)29)12-16-5-2-10-24(16)15-3-1-4-17(11-15)26(30)31/h1-12H,(H,23,27,29). The fourth-order valence-corrected chi connectivity index (χ4v) is 3.40. The number of anilines is 1. The van der Waals surface area contributed by atoms with Crippen molar-refractivity contribution >= 4 is 51.2 Å². The highest BCUT2D eigenvalue weighted by Crippen LogP contribution is 2.25. The van der Waals surface area contributed by atoms with Crippen molar-refractivity contribution in [2.75, 3.05) is 4.90 Å². The Balaban J connectivity index is 1.74. The summed E-state index contributed by atoms with van der Waals surface area (Å²) < 4.78 is 2.36. The van der Waals surface area contributed by atoms with Crippen LogP contribution >= 0.6 is 15.9 Å². The predicted octanol–water partition coefficient (Wildman–Crippen LogP) is 3.81. The van der Waals surface area contributed by atoms with E-state index >= 15 is 0 Å². The molecule has 4 amide bonds. The van der Waals surface area contributed by atoms with Crippen molar-refractivity contribution in [2.45, 2.75) is 0 Å². The summed E-state index contributed by atoms with van der Waals surface area (Å²) in [6.45, 7) is 0. The van der Waals surface area contributed by atoms with Crippen LogP contribution in [0.15, 0.2) is 76.9 Å². The van der Waals surface area contributed by atoms with Crippen LogP contribution in [-0.4, -0.2) is 27.3 Å². The molecule has 0 radical (unpaired) electrons. The lowest BCUT2D eigenvalue weighted by Gasteiger charge is -2.26. The number of carbonyl (C=O) groups excluding carboxylic acids is 3. The molecule has 0 aliphatic carbocycles. The van der Waals surface area contributed by atoms with Gasteiger partial charge in [-0.05, 0) is 48.5 Å². The van der Waals surface area contributed by atoms with Gasteiger partial charge in [0.1, 0.15) is 5.57 Å². The highest BCUT2D eigenvalue weighted by molar-refractivity contribution is 9.10. The zero-order chi connectivity index (χ0) is 22.1. The van der Waals surface area contributed by atoms with Crippen LogP contribution in [0.2, 0.25) is 0 Å². The van der Waals surface area contributed by atoms with E-state index in [1.807, 2.05) is 0 Å². The third-order valence-corrected chi connectivity index (χ3v) is 5.11.